The van der Waals surface area contributed by atoms with Gasteiger partial charge in [0.2, 0.25) is 5.89 Å². The van der Waals surface area contributed by atoms with E-state index in [1.165, 1.54) is 0 Å². The van der Waals surface area contributed by atoms with Crippen LogP contribution >= 0.6 is 0 Å². The summed E-state index contributed by atoms with van der Waals surface area (Å²) in [5.41, 5.74) is 1.83. The van der Waals surface area contributed by atoms with Crippen molar-refractivity contribution in [2.24, 2.45) is 0 Å². The van der Waals surface area contributed by atoms with Crippen LogP contribution in [0.25, 0.3) is 0 Å². The Bertz CT molecular complexity index is 718. The lowest BCUT2D eigenvalue weighted by Crippen LogP contribution is -2.08. The molecule has 0 spiro atoms. The topological polar surface area (TPSA) is 73.1 Å². The highest BCUT2D eigenvalue weighted by Gasteiger charge is 2.29. The highest BCUT2D eigenvalue weighted by Crippen LogP contribution is 2.38. The number of benzene rings is 1. The van der Waals surface area contributed by atoms with Crippen LogP contribution in [0.5, 0.6) is 0 Å². The van der Waals surface area contributed by atoms with E-state index in [1.807, 2.05) is 31.2 Å². The van der Waals surface area contributed by atoms with Crippen molar-refractivity contribution < 1.29 is 12.9 Å². The van der Waals surface area contributed by atoms with E-state index < -0.39 is 9.84 Å². The van der Waals surface area contributed by atoms with Crippen molar-refractivity contribution in [3.05, 3.63) is 47.1 Å². The molecule has 0 aliphatic heterocycles. The van der Waals surface area contributed by atoms with E-state index in [0.29, 0.717) is 11.7 Å². The van der Waals surface area contributed by atoms with E-state index >= 15 is 0 Å². The van der Waals surface area contributed by atoms with Crippen LogP contribution in [0.2, 0.25) is 0 Å². The summed E-state index contributed by atoms with van der Waals surface area (Å²) in [5.74, 6) is 1.01. The minimum Gasteiger partial charge on any atom is -0.338 e. The average molecular weight is 292 g/mol. The van der Waals surface area contributed by atoms with Gasteiger partial charge in [0, 0.05) is 5.92 Å². The van der Waals surface area contributed by atoms with Gasteiger partial charge in [-0.1, -0.05) is 35.0 Å². The van der Waals surface area contributed by atoms with Crippen LogP contribution in [-0.2, 0) is 21.3 Å². The maximum atomic E-state index is 12.1. The molecular formula is C14H16N2O3S. The van der Waals surface area contributed by atoms with Crippen LogP contribution in [0.1, 0.15) is 41.6 Å². The van der Waals surface area contributed by atoms with Crippen LogP contribution in [0, 0.1) is 6.92 Å². The predicted octanol–water partition coefficient (Wildman–Crippen LogP) is 2.37. The molecule has 5 nitrogen and oxygen atoms in total. The molecule has 1 aliphatic rings. The Morgan fingerprint density at radius 2 is 2.10 bits per heavy atom. The smallest absolute Gasteiger partial charge is 0.241 e. The Morgan fingerprint density at radius 1 is 1.30 bits per heavy atom. The average Bonchev–Trinajstić information content (AvgIpc) is 3.10. The standard InChI is InChI=1S/C14H16N2O3S/c1-10-3-2-4-11(7-10)8-20(17,18)9-13-15-14(16-19-13)12-5-6-12/h2-4,7,12H,5-6,8-9H2,1H3. The van der Waals surface area contributed by atoms with Gasteiger partial charge in [-0.2, -0.15) is 4.98 Å². The third kappa shape index (κ3) is 3.25. The lowest BCUT2D eigenvalue weighted by atomic mass is 10.2. The van der Waals surface area contributed by atoms with Crippen LogP contribution in [0.3, 0.4) is 0 Å². The summed E-state index contributed by atoms with van der Waals surface area (Å²) in [5, 5.41) is 3.83. The minimum absolute atomic E-state index is 0.00414. The SMILES string of the molecule is Cc1cccc(CS(=O)(=O)Cc2nc(C3CC3)no2)c1. The molecule has 1 aliphatic carbocycles. The summed E-state index contributed by atoms with van der Waals surface area (Å²) >= 11 is 0. The van der Waals surface area contributed by atoms with Gasteiger partial charge >= 0.3 is 0 Å². The van der Waals surface area contributed by atoms with Gasteiger partial charge in [-0.15, -0.1) is 0 Å². The van der Waals surface area contributed by atoms with E-state index in [0.717, 1.165) is 24.0 Å². The first-order valence-electron chi connectivity index (χ1n) is 6.60. The molecular weight excluding hydrogens is 276 g/mol. The quantitative estimate of drug-likeness (QED) is 0.846. The number of nitrogens with zero attached hydrogens (tertiary/aromatic N) is 2. The van der Waals surface area contributed by atoms with Crippen molar-refractivity contribution >= 4 is 9.84 Å². The lowest BCUT2D eigenvalue weighted by molar-refractivity contribution is 0.382. The van der Waals surface area contributed by atoms with Crippen molar-refractivity contribution in [1.82, 2.24) is 10.1 Å². The lowest BCUT2D eigenvalue weighted by Gasteiger charge is -2.03. The van der Waals surface area contributed by atoms with Gasteiger partial charge < -0.3 is 4.52 Å². The maximum absolute atomic E-state index is 12.1. The number of sulfone groups is 1. The van der Waals surface area contributed by atoms with E-state index in [1.54, 1.807) is 0 Å². The first-order valence-corrected chi connectivity index (χ1v) is 8.42. The Hall–Kier alpha value is -1.69. The normalized spacial score (nSPS) is 15.4. The van der Waals surface area contributed by atoms with E-state index in [4.69, 9.17) is 4.52 Å². The second-order valence-electron chi connectivity index (χ2n) is 5.34. The largest absolute Gasteiger partial charge is 0.338 e. The first kappa shape index (κ1) is 13.3. The van der Waals surface area contributed by atoms with Crippen molar-refractivity contribution in [1.29, 1.82) is 0 Å². The molecule has 6 heteroatoms. The Kier molecular flexibility index (Phi) is 3.33. The zero-order chi connectivity index (χ0) is 14.2. The monoisotopic (exact) mass is 292 g/mol. The second-order valence-corrected chi connectivity index (χ2v) is 7.41. The molecule has 1 heterocycles. The second kappa shape index (κ2) is 5.01. The Balaban J connectivity index is 1.71. The van der Waals surface area contributed by atoms with Crippen LogP contribution < -0.4 is 0 Å². The van der Waals surface area contributed by atoms with Crippen LogP contribution in [-0.4, -0.2) is 18.6 Å². The first-order chi connectivity index (χ1) is 9.52. The van der Waals surface area contributed by atoms with Crippen molar-refractivity contribution in [3.63, 3.8) is 0 Å². The highest BCUT2D eigenvalue weighted by molar-refractivity contribution is 7.89. The number of rotatable bonds is 5. The highest BCUT2D eigenvalue weighted by atomic mass is 32.2. The van der Waals surface area contributed by atoms with Gasteiger partial charge in [0.05, 0.1) is 5.75 Å². The molecule has 0 unspecified atom stereocenters. The fourth-order valence-corrected chi connectivity index (χ4v) is 3.41. The third-order valence-electron chi connectivity index (χ3n) is 3.24. The summed E-state index contributed by atoms with van der Waals surface area (Å²) in [6.45, 7) is 1.94. The van der Waals surface area contributed by atoms with E-state index in [-0.39, 0.29) is 17.4 Å². The molecule has 3 rings (SSSR count). The minimum atomic E-state index is -3.29. The van der Waals surface area contributed by atoms with Gasteiger partial charge in [0.15, 0.2) is 15.7 Å². The zero-order valence-corrected chi connectivity index (χ0v) is 12.1. The van der Waals surface area contributed by atoms with Gasteiger partial charge in [-0.25, -0.2) is 8.42 Å². The molecule has 0 saturated heterocycles. The number of aromatic nitrogens is 2. The van der Waals surface area contributed by atoms with Crippen molar-refractivity contribution in [2.45, 2.75) is 37.2 Å². The van der Waals surface area contributed by atoms with Gasteiger partial charge in [-0.3, -0.25) is 0 Å². The predicted molar refractivity (Wildman–Crippen MR) is 73.8 cm³/mol. The van der Waals surface area contributed by atoms with E-state index in [9.17, 15) is 8.42 Å². The molecule has 106 valence electrons. The number of hydrogen-bond acceptors (Lipinski definition) is 5. The fourth-order valence-electron chi connectivity index (χ4n) is 2.13. The molecule has 0 amide bonds. The molecule has 1 saturated carbocycles. The third-order valence-corrected chi connectivity index (χ3v) is 4.70. The maximum Gasteiger partial charge on any atom is 0.241 e. The van der Waals surface area contributed by atoms with Gasteiger partial charge in [0.1, 0.15) is 5.75 Å². The number of aryl methyl sites for hydroxylation is 1. The zero-order valence-electron chi connectivity index (χ0n) is 11.2. The molecule has 1 aromatic carbocycles. The molecule has 0 N–H and O–H groups in total. The van der Waals surface area contributed by atoms with Gasteiger partial charge in [0.25, 0.3) is 0 Å². The molecule has 20 heavy (non-hydrogen) atoms. The van der Waals surface area contributed by atoms with Crippen molar-refractivity contribution in [2.75, 3.05) is 0 Å². The van der Waals surface area contributed by atoms with E-state index in [2.05, 4.69) is 10.1 Å². The Morgan fingerprint density at radius 3 is 2.80 bits per heavy atom. The Labute approximate surface area is 117 Å². The molecule has 0 radical (unpaired) electrons. The summed E-state index contributed by atoms with van der Waals surface area (Å²) in [7, 11) is -3.29. The molecule has 1 aromatic heterocycles. The summed E-state index contributed by atoms with van der Waals surface area (Å²) in [6, 6.07) is 7.49. The molecule has 0 bridgehead atoms. The fraction of sp³-hybridized carbons (Fsp3) is 0.429. The molecule has 2 aromatic rings. The van der Waals surface area contributed by atoms with Gasteiger partial charge in [-0.05, 0) is 25.3 Å². The summed E-state index contributed by atoms with van der Waals surface area (Å²) in [4.78, 5) is 4.16. The molecule has 1 fully saturated rings. The van der Waals surface area contributed by atoms with Crippen LogP contribution in [0.15, 0.2) is 28.8 Å². The molecule has 0 atom stereocenters. The van der Waals surface area contributed by atoms with Crippen LogP contribution in [0.4, 0.5) is 0 Å². The number of hydrogen-bond donors (Lipinski definition) is 0. The van der Waals surface area contributed by atoms with Crippen molar-refractivity contribution in [3.8, 4) is 0 Å². The summed E-state index contributed by atoms with van der Waals surface area (Å²) in [6.07, 6.45) is 2.13. The summed E-state index contributed by atoms with van der Waals surface area (Å²) < 4.78 is 29.3.